The molecule has 0 unspecified atom stereocenters. The third-order valence-electron chi connectivity index (χ3n) is 4.77. The molecule has 4 rings (SSSR count). The summed E-state index contributed by atoms with van der Waals surface area (Å²) >= 11 is 6.16. The highest BCUT2D eigenvalue weighted by Crippen LogP contribution is 2.19. The maximum absolute atomic E-state index is 13.2. The summed E-state index contributed by atoms with van der Waals surface area (Å²) in [4.78, 5) is 41.5. The fourth-order valence-electron chi connectivity index (χ4n) is 3.26. The van der Waals surface area contributed by atoms with Crippen molar-refractivity contribution >= 4 is 34.5 Å². The SMILES string of the molecule is Cc1cc(NC(=O)Cn2c(Cl)nc3c2c(=O)n(C)c(=O)n3C)n(-c2ccc(F)cc2)n1. The van der Waals surface area contributed by atoms with Crippen LogP contribution in [0.5, 0.6) is 0 Å². The number of benzene rings is 1. The lowest BCUT2D eigenvalue weighted by molar-refractivity contribution is -0.116. The van der Waals surface area contributed by atoms with E-state index in [0.29, 0.717) is 17.2 Å². The van der Waals surface area contributed by atoms with Crippen LogP contribution in [0.25, 0.3) is 16.9 Å². The van der Waals surface area contributed by atoms with Crippen molar-refractivity contribution < 1.29 is 9.18 Å². The molecule has 0 atom stereocenters. The van der Waals surface area contributed by atoms with Gasteiger partial charge in [-0.2, -0.15) is 10.1 Å². The van der Waals surface area contributed by atoms with Crippen molar-refractivity contribution in [2.75, 3.05) is 5.32 Å². The first kappa shape index (κ1) is 20.5. The highest BCUT2D eigenvalue weighted by Gasteiger charge is 2.20. The van der Waals surface area contributed by atoms with Gasteiger partial charge in [0.1, 0.15) is 18.2 Å². The van der Waals surface area contributed by atoms with Gasteiger partial charge in [-0.15, -0.1) is 0 Å². The summed E-state index contributed by atoms with van der Waals surface area (Å²) in [6, 6.07) is 7.28. The maximum atomic E-state index is 13.2. The molecule has 0 aliphatic rings. The van der Waals surface area contributed by atoms with Crippen LogP contribution in [-0.2, 0) is 25.4 Å². The summed E-state index contributed by atoms with van der Waals surface area (Å²) in [6.07, 6.45) is 0. The summed E-state index contributed by atoms with van der Waals surface area (Å²) in [5.74, 6) is -0.536. The van der Waals surface area contributed by atoms with Gasteiger partial charge in [-0.3, -0.25) is 23.3 Å². The van der Waals surface area contributed by atoms with Crippen LogP contribution in [0.4, 0.5) is 10.2 Å². The smallest absolute Gasteiger partial charge is 0.309 e. The van der Waals surface area contributed by atoms with Crippen LogP contribution in [0.2, 0.25) is 5.28 Å². The monoisotopic (exact) mass is 445 g/mol. The van der Waals surface area contributed by atoms with E-state index in [1.807, 2.05) is 0 Å². The number of hydrogen-bond donors (Lipinski definition) is 1. The van der Waals surface area contributed by atoms with E-state index in [-0.39, 0.29) is 23.0 Å². The lowest BCUT2D eigenvalue weighted by Crippen LogP contribution is -2.37. The number of hydrogen-bond acceptors (Lipinski definition) is 5. The van der Waals surface area contributed by atoms with Crippen molar-refractivity contribution in [3.05, 3.63) is 68.0 Å². The zero-order chi connectivity index (χ0) is 22.4. The molecule has 0 aliphatic heterocycles. The number of nitrogens with one attached hydrogen (secondary N) is 1. The summed E-state index contributed by atoms with van der Waals surface area (Å²) in [7, 11) is 2.79. The van der Waals surface area contributed by atoms with Gasteiger partial charge < -0.3 is 5.32 Å². The summed E-state index contributed by atoms with van der Waals surface area (Å²) < 4.78 is 18.0. The maximum Gasteiger partial charge on any atom is 0.332 e. The Labute approximate surface area is 179 Å². The summed E-state index contributed by atoms with van der Waals surface area (Å²) in [6.45, 7) is 1.43. The molecule has 10 nitrogen and oxygen atoms in total. The van der Waals surface area contributed by atoms with Crippen molar-refractivity contribution in [2.24, 2.45) is 14.1 Å². The molecule has 1 aromatic carbocycles. The van der Waals surface area contributed by atoms with Crippen molar-refractivity contribution in [2.45, 2.75) is 13.5 Å². The fourth-order valence-corrected chi connectivity index (χ4v) is 3.48. The standard InChI is InChI=1S/C19H17ClFN7O3/c1-10-8-13(28(24-10)12-6-4-11(21)5-7-12)22-14(29)9-27-15-16(23-18(27)20)25(2)19(31)26(3)17(15)30/h4-8H,9H2,1-3H3,(H,22,29). The molecule has 31 heavy (non-hydrogen) atoms. The minimum Gasteiger partial charge on any atom is -0.309 e. The van der Waals surface area contributed by atoms with E-state index in [1.165, 1.54) is 52.2 Å². The Bertz CT molecular complexity index is 1450. The van der Waals surface area contributed by atoms with Gasteiger partial charge in [-0.25, -0.2) is 13.9 Å². The molecule has 160 valence electrons. The third-order valence-corrected chi connectivity index (χ3v) is 5.06. The highest BCUT2D eigenvalue weighted by molar-refractivity contribution is 6.29. The van der Waals surface area contributed by atoms with Gasteiger partial charge in [-0.1, -0.05) is 0 Å². The Kier molecular flexibility index (Phi) is 4.97. The number of imidazole rings is 1. The molecular weight excluding hydrogens is 429 g/mol. The van der Waals surface area contributed by atoms with Crippen molar-refractivity contribution in [1.82, 2.24) is 28.5 Å². The molecule has 0 bridgehead atoms. The lowest BCUT2D eigenvalue weighted by atomic mass is 10.3. The number of anilines is 1. The van der Waals surface area contributed by atoms with Gasteiger partial charge in [0, 0.05) is 20.2 Å². The molecule has 0 aliphatic carbocycles. The molecule has 0 saturated heterocycles. The first-order valence-electron chi connectivity index (χ1n) is 9.11. The van der Waals surface area contributed by atoms with Crippen molar-refractivity contribution in [3.63, 3.8) is 0 Å². The van der Waals surface area contributed by atoms with Gasteiger partial charge in [0.05, 0.1) is 11.4 Å². The highest BCUT2D eigenvalue weighted by atomic mass is 35.5. The van der Waals surface area contributed by atoms with E-state index >= 15 is 0 Å². The third kappa shape index (κ3) is 3.52. The van der Waals surface area contributed by atoms with Crippen molar-refractivity contribution in [3.8, 4) is 5.69 Å². The zero-order valence-electron chi connectivity index (χ0n) is 16.8. The van der Waals surface area contributed by atoms with E-state index in [1.54, 1.807) is 13.0 Å². The van der Waals surface area contributed by atoms with Crippen molar-refractivity contribution in [1.29, 1.82) is 0 Å². The van der Waals surface area contributed by atoms with Crippen LogP contribution in [-0.4, -0.2) is 34.4 Å². The van der Waals surface area contributed by atoms with Crippen LogP contribution < -0.4 is 16.6 Å². The van der Waals surface area contributed by atoms with E-state index in [9.17, 15) is 18.8 Å². The number of amides is 1. The number of rotatable bonds is 4. The van der Waals surface area contributed by atoms with E-state index < -0.39 is 23.0 Å². The van der Waals surface area contributed by atoms with Crippen LogP contribution in [0, 0.1) is 12.7 Å². The number of carbonyl (C=O) groups is 1. The van der Waals surface area contributed by atoms with E-state index in [4.69, 9.17) is 11.6 Å². The molecule has 3 aromatic heterocycles. The van der Waals surface area contributed by atoms with Crippen LogP contribution >= 0.6 is 11.6 Å². The quantitative estimate of drug-likeness (QED) is 0.477. The van der Waals surface area contributed by atoms with Gasteiger partial charge in [0.15, 0.2) is 11.2 Å². The Morgan fingerprint density at radius 2 is 1.84 bits per heavy atom. The number of nitrogens with zero attached hydrogens (tertiary/aromatic N) is 6. The fraction of sp³-hybridized carbons (Fsp3) is 0.211. The summed E-state index contributed by atoms with van der Waals surface area (Å²) in [5.41, 5.74) is 0.139. The Hall–Kier alpha value is -3.73. The van der Waals surface area contributed by atoms with Crippen LogP contribution in [0.3, 0.4) is 0 Å². The molecule has 0 radical (unpaired) electrons. The second kappa shape index (κ2) is 7.51. The topological polar surface area (TPSA) is 109 Å². The molecule has 0 spiro atoms. The van der Waals surface area contributed by atoms with Gasteiger partial charge in [0.25, 0.3) is 5.56 Å². The van der Waals surface area contributed by atoms with Gasteiger partial charge >= 0.3 is 5.69 Å². The van der Waals surface area contributed by atoms with E-state index in [2.05, 4.69) is 15.4 Å². The largest absolute Gasteiger partial charge is 0.332 e. The normalized spacial score (nSPS) is 11.3. The first-order valence-corrected chi connectivity index (χ1v) is 9.49. The Morgan fingerprint density at radius 1 is 1.16 bits per heavy atom. The molecule has 1 N–H and O–H groups in total. The molecule has 0 fully saturated rings. The molecule has 4 aromatic rings. The lowest BCUT2D eigenvalue weighted by Gasteiger charge is -2.10. The molecule has 0 saturated carbocycles. The van der Waals surface area contributed by atoms with Crippen LogP contribution in [0.15, 0.2) is 39.9 Å². The predicted molar refractivity (Wildman–Crippen MR) is 112 cm³/mol. The minimum absolute atomic E-state index is 0.0352. The Balaban J connectivity index is 1.69. The number of halogens is 2. The number of aromatic nitrogens is 6. The van der Waals surface area contributed by atoms with E-state index in [0.717, 1.165) is 4.57 Å². The number of fused-ring (bicyclic) bond motifs is 1. The second-order valence-electron chi connectivity index (χ2n) is 6.95. The van der Waals surface area contributed by atoms with Gasteiger partial charge in [0.2, 0.25) is 11.2 Å². The molecule has 1 amide bonds. The molecule has 12 heteroatoms. The van der Waals surface area contributed by atoms with Gasteiger partial charge in [-0.05, 0) is 42.8 Å². The second-order valence-corrected chi connectivity index (χ2v) is 7.29. The first-order chi connectivity index (χ1) is 14.7. The summed E-state index contributed by atoms with van der Waals surface area (Å²) in [5, 5.41) is 6.93. The number of carbonyl (C=O) groups excluding carboxylic acids is 1. The average molecular weight is 446 g/mol. The molecule has 3 heterocycles. The van der Waals surface area contributed by atoms with Crippen LogP contribution in [0.1, 0.15) is 5.69 Å². The molecular formula is C19H17ClFN7O3. The minimum atomic E-state index is -0.613. The average Bonchev–Trinajstić information content (AvgIpc) is 3.25. The zero-order valence-corrected chi connectivity index (χ0v) is 17.5. The Morgan fingerprint density at radius 3 is 2.52 bits per heavy atom. The number of aryl methyl sites for hydroxylation is 2. The predicted octanol–water partition coefficient (Wildman–Crippen LogP) is 1.36.